The van der Waals surface area contributed by atoms with Crippen LogP contribution in [-0.2, 0) is 11.3 Å². The van der Waals surface area contributed by atoms with Crippen molar-refractivity contribution in [1.82, 2.24) is 5.32 Å². The zero-order chi connectivity index (χ0) is 14.6. The van der Waals surface area contributed by atoms with Crippen LogP contribution in [-0.4, -0.2) is 18.2 Å². The molecular formula is C17H26FNO. The fourth-order valence-corrected chi connectivity index (χ4v) is 2.95. The fraction of sp³-hybridized carbons (Fsp3) is 0.647. The quantitative estimate of drug-likeness (QED) is 0.881. The van der Waals surface area contributed by atoms with Gasteiger partial charge in [0, 0.05) is 19.2 Å². The second-order valence-corrected chi connectivity index (χ2v) is 5.89. The number of nitrogens with one attached hydrogen (secondary N) is 1. The van der Waals surface area contributed by atoms with Crippen LogP contribution in [0.1, 0.15) is 50.7 Å². The molecule has 2 nitrogen and oxygen atoms in total. The first-order valence-electron chi connectivity index (χ1n) is 7.71. The van der Waals surface area contributed by atoms with Crippen LogP contribution >= 0.6 is 0 Å². The third kappa shape index (κ3) is 3.58. The first-order chi connectivity index (χ1) is 9.58. The lowest BCUT2D eigenvalue weighted by Crippen LogP contribution is -2.46. The molecule has 1 atom stereocenters. The number of benzene rings is 1. The summed E-state index contributed by atoms with van der Waals surface area (Å²) in [5, 5.41) is 3.56. The fourth-order valence-electron chi connectivity index (χ4n) is 2.95. The Morgan fingerprint density at radius 1 is 1.35 bits per heavy atom. The summed E-state index contributed by atoms with van der Waals surface area (Å²) in [6.07, 6.45) is 4.20. The summed E-state index contributed by atoms with van der Waals surface area (Å²) < 4.78 is 19.5. The van der Waals surface area contributed by atoms with Gasteiger partial charge in [-0.15, -0.1) is 0 Å². The summed E-state index contributed by atoms with van der Waals surface area (Å²) in [6.45, 7) is 7.73. The van der Waals surface area contributed by atoms with E-state index in [1.165, 1.54) is 0 Å². The third-order valence-electron chi connectivity index (χ3n) is 4.61. The molecule has 0 aliphatic carbocycles. The van der Waals surface area contributed by atoms with Crippen LogP contribution in [0.2, 0.25) is 0 Å². The van der Waals surface area contributed by atoms with E-state index in [2.05, 4.69) is 19.2 Å². The van der Waals surface area contributed by atoms with E-state index in [1.54, 1.807) is 13.0 Å². The Morgan fingerprint density at radius 3 is 2.75 bits per heavy atom. The van der Waals surface area contributed by atoms with Crippen molar-refractivity contribution < 1.29 is 9.13 Å². The summed E-state index contributed by atoms with van der Waals surface area (Å²) in [4.78, 5) is 0. The summed E-state index contributed by atoms with van der Waals surface area (Å²) in [5.41, 5.74) is 1.75. The van der Waals surface area contributed by atoms with E-state index in [1.807, 2.05) is 12.1 Å². The Labute approximate surface area is 121 Å². The highest BCUT2D eigenvalue weighted by Crippen LogP contribution is 2.31. The van der Waals surface area contributed by atoms with E-state index >= 15 is 0 Å². The maximum Gasteiger partial charge on any atom is 0.126 e. The number of hydrogen-bond acceptors (Lipinski definition) is 2. The zero-order valence-electron chi connectivity index (χ0n) is 12.8. The van der Waals surface area contributed by atoms with Crippen molar-refractivity contribution in [3.8, 4) is 0 Å². The summed E-state index contributed by atoms with van der Waals surface area (Å²) >= 11 is 0. The molecule has 3 heteroatoms. The smallest absolute Gasteiger partial charge is 0.126 e. The Balaban J connectivity index is 1.91. The van der Waals surface area contributed by atoms with Crippen LogP contribution in [0.3, 0.4) is 0 Å². The molecule has 1 unspecified atom stereocenters. The number of rotatable bonds is 5. The summed E-state index contributed by atoms with van der Waals surface area (Å²) in [5.74, 6) is -0.118. The van der Waals surface area contributed by atoms with Crippen LogP contribution in [0.4, 0.5) is 4.39 Å². The SMILES string of the molecule is CCC1(CC)CC(NCc2ccc(C)c(F)c2)CCO1. The highest BCUT2D eigenvalue weighted by Gasteiger charge is 2.34. The van der Waals surface area contributed by atoms with Gasteiger partial charge in [0.15, 0.2) is 0 Å². The molecular weight excluding hydrogens is 253 g/mol. The lowest BCUT2D eigenvalue weighted by Gasteiger charge is -2.40. The maximum absolute atomic E-state index is 13.5. The lowest BCUT2D eigenvalue weighted by molar-refractivity contribution is -0.0932. The van der Waals surface area contributed by atoms with Gasteiger partial charge >= 0.3 is 0 Å². The predicted molar refractivity (Wildman–Crippen MR) is 80.3 cm³/mol. The zero-order valence-corrected chi connectivity index (χ0v) is 12.8. The lowest BCUT2D eigenvalue weighted by atomic mass is 9.86. The van der Waals surface area contributed by atoms with Crippen LogP contribution in [0.15, 0.2) is 18.2 Å². The molecule has 1 aromatic rings. The van der Waals surface area contributed by atoms with E-state index in [0.29, 0.717) is 11.6 Å². The molecule has 112 valence electrons. The minimum absolute atomic E-state index is 0.0362. The number of aryl methyl sites for hydroxylation is 1. The molecule has 2 rings (SSSR count). The van der Waals surface area contributed by atoms with Crippen molar-refractivity contribution in [2.45, 2.75) is 64.6 Å². The summed E-state index contributed by atoms with van der Waals surface area (Å²) in [7, 11) is 0. The van der Waals surface area contributed by atoms with E-state index in [9.17, 15) is 4.39 Å². The van der Waals surface area contributed by atoms with Crippen molar-refractivity contribution in [2.24, 2.45) is 0 Å². The van der Waals surface area contributed by atoms with Crippen LogP contribution in [0, 0.1) is 12.7 Å². The maximum atomic E-state index is 13.5. The normalized spacial score (nSPS) is 21.9. The molecule has 1 aliphatic rings. The van der Waals surface area contributed by atoms with Crippen LogP contribution in [0.25, 0.3) is 0 Å². The molecule has 0 bridgehead atoms. The first-order valence-corrected chi connectivity index (χ1v) is 7.71. The monoisotopic (exact) mass is 279 g/mol. The van der Waals surface area contributed by atoms with Gasteiger partial charge in [0.1, 0.15) is 5.82 Å². The van der Waals surface area contributed by atoms with Gasteiger partial charge in [-0.25, -0.2) is 4.39 Å². The average Bonchev–Trinajstić information content (AvgIpc) is 2.48. The molecule has 1 heterocycles. The molecule has 1 fully saturated rings. The van der Waals surface area contributed by atoms with Gasteiger partial charge in [-0.3, -0.25) is 0 Å². The molecule has 0 amide bonds. The first kappa shape index (κ1) is 15.5. The number of hydrogen-bond donors (Lipinski definition) is 1. The van der Waals surface area contributed by atoms with Crippen molar-refractivity contribution in [2.75, 3.05) is 6.61 Å². The topological polar surface area (TPSA) is 21.3 Å². The van der Waals surface area contributed by atoms with Gasteiger partial charge in [-0.1, -0.05) is 26.0 Å². The van der Waals surface area contributed by atoms with Gasteiger partial charge in [0.2, 0.25) is 0 Å². The average molecular weight is 279 g/mol. The van der Waals surface area contributed by atoms with Gasteiger partial charge in [0.25, 0.3) is 0 Å². The standard InChI is InChI=1S/C17H26FNO/c1-4-17(5-2)11-15(8-9-20-17)19-12-14-7-6-13(3)16(18)10-14/h6-7,10,15,19H,4-5,8-9,11-12H2,1-3H3. The minimum Gasteiger partial charge on any atom is -0.375 e. The van der Waals surface area contributed by atoms with Crippen molar-refractivity contribution in [3.63, 3.8) is 0 Å². The molecule has 1 saturated heterocycles. The highest BCUT2D eigenvalue weighted by molar-refractivity contribution is 5.23. The van der Waals surface area contributed by atoms with Gasteiger partial charge < -0.3 is 10.1 Å². The van der Waals surface area contributed by atoms with E-state index in [4.69, 9.17) is 4.74 Å². The van der Waals surface area contributed by atoms with Crippen molar-refractivity contribution >= 4 is 0 Å². The van der Waals surface area contributed by atoms with Crippen molar-refractivity contribution in [1.29, 1.82) is 0 Å². The Kier molecular flexibility index (Phi) is 5.17. The molecule has 0 spiro atoms. The predicted octanol–water partition coefficient (Wildman–Crippen LogP) is 3.96. The van der Waals surface area contributed by atoms with Gasteiger partial charge in [-0.2, -0.15) is 0 Å². The second-order valence-electron chi connectivity index (χ2n) is 5.89. The van der Waals surface area contributed by atoms with Gasteiger partial charge in [0.05, 0.1) is 5.60 Å². The van der Waals surface area contributed by atoms with Gasteiger partial charge in [-0.05, 0) is 49.8 Å². The minimum atomic E-state index is -0.118. The molecule has 20 heavy (non-hydrogen) atoms. The van der Waals surface area contributed by atoms with Crippen molar-refractivity contribution in [3.05, 3.63) is 35.1 Å². The van der Waals surface area contributed by atoms with Crippen LogP contribution < -0.4 is 5.32 Å². The Hall–Kier alpha value is -0.930. The third-order valence-corrected chi connectivity index (χ3v) is 4.61. The number of halogens is 1. The Morgan fingerprint density at radius 2 is 2.10 bits per heavy atom. The van der Waals surface area contributed by atoms with E-state index in [-0.39, 0.29) is 11.4 Å². The second kappa shape index (κ2) is 6.68. The molecule has 0 aromatic heterocycles. The molecule has 0 saturated carbocycles. The summed E-state index contributed by atoms with van der Waals surface area (Å²) in [6, 6.07) is 5.94. The van der Waals surface area contributed by atoms with E-state index < -0.39 is 0 Å². The largest absolute Gasteiger partial charge is 0.375 e. The Bertz CT molecular complexity index is 443. The molecule has 1 N–H and O–H groups in total. The number of ether oxygens (including phenoxy) is 1. The van der Waals surface area contributed by atoms with Crippen LogP contribution in [0.5, 0.6) is 0 Å². The molecule has 1 aromatic carbocycles. The molecule has 0 radical (unpaired) electrons. The van der Waals surface area contributed by atoms with E-state index in [0.717, 1.165) is 44.4 Å². The highest BCUT2D eigenvalue weighted by atomic mass is 19.1. The molecule has 1 aliphatic heterocycles.